The van der Waals surface area contributed by atoms with Crippen molar-refractivity contribution in [2.24, 2.45) is 0 Å². The molecule has 0 bridgehead atoms. The van der Waals surface area contributed by atoms with Gasteiger partial charge in [0.05, 0.1) is 0 Å². The largest absolute Gasteiger partial charge is 0.370 e. The molecule has 2 aromatic rings. The van der Waals surface area contributed by atoms with Crippen LogP contribution in [0.1, 0.15) is 6.42 Å². The van der Waals surface area contributed by atoms with Crippen molar-refractivity contribution in [2.45, 2.75) is 6.42 Å². The fourth-order valence-electron chi connectivity index (χ4n) is 1.42. The number of anilines is 3. The molecule has 0 unspecified atom stereocenters. The van der Waals surface area contributed by atoms with Crippen molar-refractivity contribution >= 4 is 29.3 Å². The highest BCUT2D eigenvalue weighted by Gasteiger charge is 1.99. The molecule has 0 amide bonds. The van der Waals surface area contributed by atoms with E-state index >= 15 is 0 Å². The molecule has 0 aliphatic rings. The first-order valence-electron chi connectivity index (χ1n) is 5.79. The Balaban J connectivity index is 1.69. The minimum atomic E-state index is 0.158. The molecule has 4 N–H and O–H groups in total. The van der Waals surface area contributed by atoms with E-state index in [1.807, 2.05) is 0 Å². The van der Waals surface area contributed by atoms with Crippen LogP contribution in [0.5, 0.6) is 0 Å². The van der Waals surface area contributed by atoms with E-state index < -0.39 is 0 Å². The van der Waals surface area contributed by atoms with Crippen molar-refractivity contribution in [1.82, 2.24) is 19.9 Å². The third kappa shape index (κ3) is 4.55. The summed E-state index contributed by atoms with van der Waals surface area (Å²) in [6.07, 6.45) is 4.26. The zero-order valence-corrected chi connectivity index (χ0v) is 10.9. The lowest BCUT2D eigenvalue weighted by Gasteiger charge is -2.07. The van der Waals surface area contributed by atoms with Gasteiger partial charge in [0.15, 0.2) is 0 Å². The summed E-state index contributed by atoms with van der Waals surface area (Å²) in [4.78, 5) is 15.9. The molecule has 8 heteroatoms. The SMILES string of the molecule is Nc1nc(Cl)cc(NCCCNc2ncccn2)n1. The number of hydrogen-bond acceptors (Lipinski definition) is 7. The highest BCUT2D eigenvalue weighted by atomic mass is 35.5. The molecule has 0 aromatic carbocycles. The number of rotatable bonds is 6. The van der Waals surface area contributed by atoms with Crippen molar-refractivity contribution in [2.75, 3.05) is 29.5 Å². The second-order valence-corrected chi connectivity index (χ2v) is 4.10. The summed E-state index contributed by atoms with van der Waals surface area (Å²) in [5.41, 5.74) is 5.49. The van der Waals surface area contributed by atoms with E-state index in [1.165, 1.54) is 0 Å². The van der Waals surface area contributed by atoms with Gasteiger partial charge in [-0.3, -0.25) is 0 Å². The molecule has 2 heterocycles. The maximum atomic E-state index is 5.77. The maximum Gasteiger partial charge on any atom is 0.223 e. The van der Waals surface area contributed by atoms with Gasteiger partial charge in [0, 0.05) is 31.5 Å². The standard InChI is InChI=1S/C11H14ClN7/c12-8-7-9(19-10(13)18-8)14-3-1-4-15-11-16-5-2-6-17-11/h2,5-7H,1,3-4H2,(H,15,16,17)(H3,13,14,18,19). The van der Waals surface area contributed by atoms with E-state index in [9.17, 15) is 0 Å². The van der Waals surface area contributed by atoms with Crippen LogP contribution in [-0.2, 0) is 0 Å². The first kappa shape index (κ1) is 13.3. The summed E-state index contributed by atoms with van der Waals surface area (Å²) in [7, 11) is 0. The van der Waals surface area contributed by atoms with Gasteiger partial charge in [-0.2, -0.15) is 4.98 Å². The number of aromatic nitrogens is 4. The lowest BCUT2D eigenvalue weighted by molar-refractivity contribution is 0.889. The van der Waals surface area contributed by atoms with Crippen LogP contribution in [0.25, 0.3) is 0 Å². The Morgan fingerprint density at radius 3 is 2.58 bits per heavy atom. The lowest BCUT2D eigenvalue weighted by atomic mass is 10.4. The number of halogens is 1. The highest BCUT2D eigenvalue weighted by Crippen LogP contribution is 2.12. The van der Waals surface area contributed by atoms with Crippen molar-refractivity contribution in [3.05, 3.63) is 29.7 Å². The Morgan fingerprint density at radius 2 is 1.84 bits per heavy atom. The van der Waals surface area contributed by atoms with Crippen molar-refractivity contribution in [3.63, 3.8) is 0 Å². The number of nitrogens with zero attached hydrogens (tertiary/aromatic N) is 4. The van der Waals surface area contributed by atoms with Crippen LogP contribution in [0.4, 0.5) is 17.7 Å². The summed E-state index contributed by atoms with van der Waals surface area (Å²) < 4.78 is 0. The number of hydrogen-bond donors (Lipinski definition) is 3. The van der Waals surface area contributed by atoms with Gasteiger partial charge in [-0.1, -0.05) is 11.6 Å². The monoisotopic (exact) mass is 279 g/mol. The van der Waals surface area contributed by atoms with Gasteiger partial charge in [-0.15, -0.1) is 0 Å². The van der Waals surface area contributed by atoms with E-state index in [0.29, 0.717) is 16.9 Å². The predicted octanol–water partition coefficient (Wildman–Crippen LogP) is 1.42. The Kier molecular flexibility index (Phi) is 4.68. The molecule has 0 fully saturated rings. The average molecular weight is 280 g/mol. The summed E-state index contributed by atoms with van der Waals surface area (Å²) in [6, 6.07) is 3.40. The minimum Gasteiger partial charge on any atom is -0.370 e. The van der Waals surface area contributed by atoms with Crippen LogP contribution >= 0.6 is 11.6 Å². The molecule has 0 radical (unpaired) electrons. The van der Waals surface area contributed by atoms with Gasteiger partial charge >= 0.3 is 0 Å². The fraction of sp³-hybridized carbons (Fsp3) is 0.273. The first-order valence-corrected chi connectivity index (χ1v) is 6.16. The second kappa shape index (κ2) is 6.69. The van der Waals surface area contributed by atoms with Crippen LogP contribution < -0.4 is 16.4 Å². The Bertz CT molecular complexity index is 499. The molecule has 19 heavy (non-hydrogen) atoms. The highest BCUT2D eigenvalue weighted by molar-refractivity contribution is 6.29. The summed E-state index contributed by atoms with van der Waals surface area (Å²) >= 11 is 5.77. The van der Waals surface area contributed by atoms with E-state index in [0.717, 1.165) is 19.5 Å². The Morgan fingerprint density at radius 1 is 1.11 bits per heavy atom. The lowest BCUT2D eigenvalue weighted by Crippen LogP contribution is -2.11. The summed E-state index contributed by atoms with van der Waals surface area (Å²) in [5.74, 6) is 1.40. The number of nitrogens with two attached hydrogens (primary N) is 1. The van der Waals surface area contributed by atoms with E-state index in [2.05, 4.69) is 30.6 Å². The van der Waals surface area contributed by atoms with Gasteiger partial charge in [0.25, 0.3) is 0 Å². The van der Waals surface area contributed by atoms with Crippen LogP contribution in [0.3, 0.4) is 0 Å². The van der Waals surface area contributed by atoms with Gasteiger partial charge in [-0.25, -0.2) is 15.0 Å². The zero-order valence-electron chi connectivity index (χ0n) is 10.2. The smallest absolute Gasteiger partial charge is 0.223 e. The van der Waals surface area contributed by atoms with Crippen molar-refractivity contribution < 1.29 is 0 Å². The zero-order chi connectivity index (χ0) is 13.5. The number of nitrogen functional groups attached to an aromatic ring is 1. The molecule has 0 aliphatic heterocycles. The van der Waals surface area contributed by atoms with Crippen LogP contribution in [0.15, 0.2) is 24.5 Å². The molecule has 0 atom stereocenters. The van der Waals surface area contributed by atoms with E-state index in [1.54, 1.807) is 24.5 Å². The van der Waals surface area contributed by atoms with Crippen LogP contribution in [-0.4, -0.2) is 33.0 Å². The maximum absolute atomic E-state index is 5.77. The Hall–Kier alpha value is -2.15. The molecule has 0 saturated carbocycles. The molecule has 100 valence electrons. The van der Waals surface area contributed by atoms with E-state index in [-0.39, 0.29) is 5.95 Å². The van der Waals surface area contributed by atoms with Gasteiger partial charge in [0.2, 0.25) is 11.9 Å². The quantitative estimate of drug-likeness (QED) is 0.543. The average Bonchev–Trinajstić information content (AvgIpc) is 2.38. The Labute approximate surface area is 115 Å². The second-order valence-electron chi connectivity index (χ2n) is 3.71. The first-order chi connectivity index (χ1) is 9.24. The summed E-state index contributed by atoms with van der Waals surface area (Å²) in [6.45, 7) is 1.48. The molecule has 7 nitrogen and oxygen atoms in total. The molecule has 0 saturated heterocycles. The van der Waals surface area contributed by atoms with Gasteiger partial charge in [-0.05, 0) is 12.5 Å². The molecule has 2 aromatic heterocycles. The molecular formula is C11H14ClN7. The molecule has 2 rings (SSSR count). The van der Waals surface area contributed by atoms with Crippen LogP contribution in [0.2, 0.25) is 5.15 Å². The third-order valence-corrected chi connectivity index (χ3v) is 2.41. The number of nitrogens with one attached hydrogen (secondary N) is 2. The molecule has 0 spiro atoms. The predicted molar refractivity (Wildman–Crippen MR) is 75.1 cm³/mol. The van der Waals surface area contributed by atoms with Gasteiger partial charge < -0.3 is 16.4 Å². The van der Waals surface area contributed by atoms with Crippen LogP contribution in [0, 0.1) is 0 Å². The van der Waals surface area contributed by atoms with Crippen molar-refractivity contribution in [3.8, 4) is 0 Å². The third-order valence-electron chi connectivity index (χ3n) is 2.22. The summed E-state index contributed by atoms with van der Waals surface area (Å²) in [5, 5.41) is 6.55. The topological polar surface area (TPSA) is 102 Å². The fourth-order valence-corrected chi connectivity index (χ4v) is 1.61. The van der Waals surface area contributed by atoms with E-state index in [4.69, 9.17) is 17.3 Å². The normalized spacial score (nSPS) is 10.2. The molecule has 0 aliphatic carbocycles. The molecular weight excluding hydrogens is 266 g/mol. The van der Waals surface area contributed by atoms with Crippen molar-refractivity contribution in [1.29, 1.82) is 0 Å². The van der Waals surface area contributed by atoms with Gasteiger partial charge in [0.1, 0.15) is 11.0 Å². The minimum absolute atomic E-state index is 0.158.